The highest BCUT2D eigenvalue weighted by atomic mass is 32.2. The fourth-order valence-corrected chi connectivity index (χ4v) is 3.96. The number of hydrogen-bond donors (Lipinski definition) is 0. The van der Waals surface area contributed by atoms with Crippen LogP contribution >= 0.6 is 11.3 Å². The van der Waals surface area contributed by atoms with Gasteiger partial charge in [0.1, 0.15) is 15.6 Å². The summed E-state index contributed by atoms with van der Waals surface area (Å²) < 4.78 is 72.9. The number of hydrogen-bond acceptors (Lipinski definition) is 9. The second-order valence-electron chi connectivity index (χ2n) is 5.71. The van der Waals surface area contributed by atoms with Gasteiger partial charge in [-0.2, -0.15) is 8.78 Å². The summed E-state index contributed by atoms with van der Waals surface area (Å²) in [5.41, 5.74) is 0.0220. The molecule has 29 heavy (non-hydrogen) atoms. The molecule has 9 nitrogen and oxygen atoms in total. The van der Waals surface area contributed by atoms with Gasteiger partial charge >= 0.3 is 6.61 Å². The van der Waals surface area contributed by atoms with Gasteiger partial charge in [-0.15, -0.1) is 21.5 Å². The molecule has 3 aromatic rings. The molecule has 0 radical (unpaired) electrons. The van der Waals surface area contributed by atoms with E-state index >= 15 is 0 Å². The molecule has 0 spiro atoms. The second kappa shape index (κ2) is 8.32. The van der Waals surface area contributed by atoms with E-state index in [0.29, 0.717) is 9.88 Å². The number of alkyl halides is 3. The SMILES string of the molecule is CC(F)c1nnc(-c2cnc(CN(c3cncc(OC(F)F)c3)S(C)(=O)=O)s2)o1. The highest BCUT2D eigenvalue weighted by molar-refractivity contribution is 7.92. The fourth-order valence-electron chi connectivity index (χ4n) is 2.21. The van der Waals surface area contributed by atoms with E-state index in [0.717, 1.165) is 34.2 Å². The lowest BCUT2D eigenvalue weighted by Gasteiger charge is -2.21. The molecule has 0 aliphatic rings. The predicted molar refractivity (Wildman–Crippen MR) is 96.8 cm³/mol. The van der Waals surface area contributed by atoms with E-state index in [4.69, 9.17) is 4.42 Å². The van der Waals surface area contributed by atoms with E-state index in [1.807, 2.05) is 0 Å². The van der Waals surface area contributed by atoms with Crippen molar-refractivity contribution in [1.29, 1.82) is 0 Å². The first-order valence-corrected chi connectivity index (χ1v) is 10.6. The van der Waals surface area contributed by atoms with Gasteiger partial charge in [0.15, 0.2) is 6.17 Å². The van der Waals surface area contributed by atoms with Crippen LogP contribution in [0.4, 0.5) is 18.9 Å². The lowest BCUT2D eigenvalue weighted by molar-refractivity contribution is -0.0500. The monoisotopic (exact) mass is 449 g/mol. The normalized spacial score (nSPS) is 12.9. The van der Waals surface area contributed by atoms with E-state index in [1.165, 1.54) is 19.3 Å². The molecule has 3 heterocycles. The fraction of sp³-hybridized carbons (Fsp3) is 0.333. The van der Waals surface area contributed by atoms with E-state index in [9.17, 15) is 21.6 Å². The van der Waals surface area contributed by atoms with Gasteiger partial charge in [0, 0.05) is 6.07 Å². The Morgan fingerprint density at radius 3 is 2.62 bits per heavy atom. The van der Waals surface area contributed by atoms with Gasteiger partial charge in [0.25, 0.3) is 11.8 Å². The van der Waals surface area contributed by atoms with Crippen LogP contribution in [0.2, 0.25) is 0 Å². The number of thiazole rings is 1. The number of aromatic nitrogens is 4. The quantitative estimate of drug-likeness (QED) is 0.516. The molecule has 3 rings (SSSR count). The number of halogens is 3. The average molecular weight is 449 g/mol. The number of rotatable bonds is 8. The van der Waals surface area contributed by atoms with Crippen molar-refractivity contribution in [1.82, 2.24) is 20.2 Å². The predicted octanol–water partition coefficient (Wildman–Crippen LogP) is 3.19. The van der Waals surface area contributed by atoms with Crippen molar-refractivity contribution in [3.63, 3.8) is 0 Å². The molecular weight excluding hydrogens is 435 g/mol. The molecule has 0 bridgehead atoms. The summed E-state index contributed by atoms with van der Waals surface area (Å²) in [4.78, 5) is 8.27. The zero-order chi connectivity index (χ0) is 21.2. The largest absolute Gasteiger partial charge is 0.433 e. The summed E-state index contributed by atoms with van der Waals surface area (Å²) in [6, 6.07) is 1.13. The number of nitrogens with zero attached hydrogens (tertiary/aromatic N) is 5. The molecule has 156 valence electrons. The zero-order valence-electron chi connectivity index (χ0n) is 15.0. The number of pyridine rings is 1. The van der Waals surface area contributed by atoms with Gasteiger partial charge in [0.2, 0.25) is 10.0 Å². The van der Waals surface area contributed by atoms with E-state index in [2.05, 4.69) is 24.9 Å². The summed E-state index contributed by atoms with van der Waals surface area (Å²) >= 11 is 1.06. The molecule has 0 saturated carbocycles. The smallest absolute Gasteiger partial charge is 0.387 e. The molecule has 0 amide bonds. The zero-order valence-corrected chi connectivity index (χ0v) is 16.6. The van der Waals surface area contributed by atoms with Crippen molar-refractivity contribution < 1.29 is 30.7 Å². The Kier molecular flexibility index (Phi) is 6.02. The first-order chi connectivity index (χ1) is 13.6. The lowest BCUT2D eigenvalue weighted by Crippen LogP contribution is -2.29. The van der Waals surface area contributed by atoms with Gasteiger partial charge in [-0.3, -0.25) is 9.29 Å². The van der Waals surface area contributed by atoms with E-state index in [-0.39, 0.29) is 29.8 Å². The average Bonchev–Trinajstić information content (AvgIpc) is 3.27. The van der Waals surface area contributed by atoms with Crippen molar-refractivity contribution in [2.24, 2.45) is 0 Å². The van der Waals surface area contributed by atoms with Crippen LogP contribution in [0.1, 0.15) is 24.0 Å². The third-order valence-corrected chi connectivity index (χ3v) is 5.55. The molecule has 1 unspecified atom stereocenters. The summed E-state index contributed by atoms with van der Waals surface area (Å²) in [5.74, 6) is -0.424. The Morgan fingerprint density at radius 1 is 1.24 bits per heavy atom. The van der Waals surface area contributed by atoms with Crippen molar-refractivity contribution in [3.8, 4) is 16.5 Å². The van der Waals surface area contributed by atoms with E-state index < -0.39 is 22.8 Å². The molecule has 0 saturated heterocycles. The van der Waals surface area contributed by atoms with Crippen molar-refractivity contribution in [3.05, 3.63) is 35.6 Å². The Hall–Kier alpha value is -2.74. The minimum atomic E-state index is -3.81. The van der Waals surface area contributed by atoms with Crippen LogP contribution in [0.15, 0.2) is 29.1 Å². The standard InChI is InChI=1S/C15H14F3N5O4S2/c1-8(16)13-21-22-14(27-13)11-6-20-12(28-11)7-23(29(2,24)25)9-3-10(5-19-4-9)26-15(17)18/h3-6,8,15H,7H2,1-2H3. The van der Waals surface area contributed by atoms with Gasteiger partial charge in [-0.25, -0.2) is 17.8 Å². The molecule has 0 N–H and O–H groups in total. The molecule has 0 aliphatic carbocycles. The molecule has 3 aromatic heterocycles. The summed E-state index contributed by atoms with van der Waals surface area (Å²) in [5, 5.41) is 7.66. The highest BCUT2D eigenvalue weighted by Crippen LogP contribution is 2.30. The number of sulfonamides is 1. The van der Waals surface area contributed by atoms with E-state index in [1.54, 1.807) is 0 Å². The van der Waals surface area contributed by atoms with Crippen molar-refractivity contribution in [2.75, 3.05) is 10.6 Å². The van der Waals surface area contributed by atoms with Crippen molar-refractivity contribution >= 4 is 27.0 Å². The number of ether oxygens (including phenoxy) is 1. The van der Waals surface area contributed by atoms with Crippen LogP contribution in [0.3, 0.4) is 0 Å². The Labute approximate surface area is 167 Å². The Balaban J connectivity index is 1.86. The summed E-state index contributed by atoms with van der Waals surface area (Å²) in [6.07, 6.45) is 3.14. The maximum Gasteiger partial charge on any atom is 0.387 e. The van der Waals surface area contributed by atoms with Crippen LogP contribution in [0.25, 0.3) is 10.8 Å². The van der Waals surface area contributed by atoms with Crippen LogP contribution in [0, 0.1) is 0 Å². The van der Waals surface area contributed by atoms with Gasteiger partial charge < -0.3 is 9.15 Å². The molecule has 1 atom stereocenters. The third-order valence-electron chi connectivity index (χ3n) is 3.44. The first-order valence-electron chi connectivity index (χ1n) is 7.93. The summed E-state index contributed by atoms with van der Waals surface area (Å²) in [7, 11) is -3.81. The second-order valence-corrected chi connectivity index (χ2v) is 8.73. The molecule has 0 aliphatic heterocycles. The maximum atomic E-state index is 13.2. The molecule has 0 aromatic carbocycles. The van der Waals surface area contributed by atoms with Crippen LogP contribution in [-0.2, 0) is 16.6 Å². The topological polar surface area (TPSA) is 111 Å². The van der Waals surface area contributed by atoms with Gasteiger partial charge in [0.05, 0.1) is 37.1 Å². The lowest BCUT2D eigenvalue weighted by atomic mass is 10.4. The highest BCUT2D eigenvalue weighted by Gasteiger charge is 2.22. The third kappa shape index (κ3) is 5.20. The minimum absolute atomic E-state index is 0.0220. The van der Waals surface area contributed by atoms with Crippen LogP contribution in [0.5, 0.6) is 5.75 Å². The Bertz CT molecular complexity index is 1090. The molecular formula is C15H14F3N5O4S2. The van der Waals surface area contributed by atoms with Crippen LogP contribution < -0.4 is 9.04 Å². The molecule has 0 fully saturated rings. The number of anilines is 1. The maximum absolute atomic E-state index is 13.2. The summed E-state index contributed by atoms with van der Waals surface area (Å²) in [6.45, 7) is -2.03. The minimum Gasteiger partial charge on any atom is -0.433 e. The van der Waals surface area contributed by atoms with Crippen molar-refractivity contribution in [2.45, 2.75) is 26.3 Å². The molecule has 14 heteroatoms. The van der Waals surface area contributed by atoms with Gasteiger partial charge in [-0.05, 0) is 6.92 Å². The first kappa shape index (κ1) is 21.0. The van der Waals surface area contributed by atoms with Gasteiger partial charge in [-0.1, -0.05) is 0 Å². The Morgan fingerprint density at radius 2 is 2.00 bits per heavy atom. The van der Waals surface area contributed by atoms with Crippen LogP contribution in [-0.4, -0.2) is 41.5 Å².